The van der Waals surface area contributed by atoms with Gasteiger partial charge in [-0.1, -0.05) is 0 Å². The predicted molar refractivity (Wildman–Crippen MR) is 70.7 cm³/mol. The Balaban J connectivity index is 2.22. The Bertz CT molecular complexity index is 600. The summed E-state index contributed by atoms with van der Waals surface area (Å²) in [7, 11) is 1.46. The number of aromatic amines is 1. The lowest BCUT2D eigenvalue weighted by Crippen LogP contribution is -2.13. The number of methoxy groups -OCH3 is 1. The normalized spacial score (nSPS) is 10.3. The molecule has 2 rings (SSSR count). The molecule has 0 atom stereocenters. The van der Waals surface area contributed by atoms with Crippen molar-refractivity contribution in [3.8, 4) is 11.5 Å². The Morgan fingerprint density at radius 1 is 1.42 bits per heavy atom. The largest absolute Gasteiger partial charge is 0.504 e. The second-order valence-electron chi connectivity index (χ2n) is 4.15. The SMILES string of the molecule is COc1ccc(NC(=O)c2c(C)n[nH]c2C)cc1O. The highest BCUT2D eigenvalue weighted by atomic mass is 16.5. The van der Waals surface area contributed by atoms with Crippen molar-refractivity contribution in [3.05, 3.63) is 35.2 Å². The van der Waals surface area contributed by atoms with Crippen LogP contribution in [0.1, 0.15) is 21.7 Å². The Morgan fingerprint density at radius 2 is 2.16 bits per heavy atom. The van der Waals surface area contributed by atoms with E-state index in [9.17, 15) is 9.90 Å². The fourth-order valence-corrected chi connectivity index (χ4v) is 1.85. The van der Waals surface area contributed by atoms with Gasteiger partial charge < -0.3 is 15.2 Å². The molecule has 1 aromatic heterocycles. The van der Waals surface area contributed by atoms with Crippen LogP contribution < -0.4 is 10.1 Å². The van der Waals surface area contributed by atoms with Gasteiger partial charge in [0, 0.05) is 17.4 Å². The fraction of sp³-hybridized carbons (Fsp3) is 0.231. The molecule has 3 N–H and O–H groups in total. The smallest absolute Gasteiger partial charge is 0.259 e. The molecule has 100 valence electrons. The van der Waals surface area contributed by atoms with E-state index in [1.165, 1.54) is 13.2 Å². The average molecular weight is 261 g/mol. The quantitative estimate of drug-likeness (QED) is 0.788. The summed E-state index contributed by atoms with van der Waals surface area (Å²) < 4.78 is 4.94. The number of carbonyl (C=O) groups is 1. The topological polar surface area (TPSA) is 87.2 Å². The van der Waals surface area contributed by atoms with E-state index in [0.717, 1.165) is 0 Å². The van der Waals surface area contributed by atoms with Gasteiger partial charge in [-0.05, 0) is 26.0 Å². The molecular formula is C13H15N3O3. The van der Waals surface area contributed by atoms with Crippen molar-refractivity contribution in [1.29, 1.82) is 0 Å². The number of anilines is 1. The third-order valence-corrected chi connectivity index (χ3v) is 2.79. The van der Waals surface area contributed by atoms with Crippen LogP contribution in [-0.4, -0.2) is 28.3 Å². The standard InChI is InChI=1S/C13H15N3O3/c1-7-12(8(2)16-15-7)13(18)14-9-4-5-11(19-3)10(17)6-9/h4-6,17H,1-3H3,(H,14,18)(H,15,16). The maximum absolute atomic E-state index is 12.1. The number of hydrogen-bond acceptors (Lipinski definition) is 4. The molecule has 6 heteroatoms. The molecule has 1 heterocycles. The number of phenols is 1. The number of phenolic OH excluding ortho intramolecular Hbond substituents is 1. The highest BCUT2D eigenvalue weighted by Crippen LogP contribution is 2.28. The fourth-order valence-electron chi connectivity index (χ4n) is 1.85. The third-order valence-electron chi connectivity index (χ3n) is 2.79. The van der Waals surface area contributed by atoms with Crippen molar-refractivity contribution in [1.82, 2.24) is 10.2 Å². The molecule has 0 radical (unpaired) electrons. The summed E-state index contributed by atoms with van der Waals surface area (Å²) in [6.07, 6.45) is 0. The highest BCUT2D eigenvalue weighted by molar-refractivity contribution is 6.05. The van der Waals surface area contributed by atoms with Crippen LogP contribution in [0.2, 0.25) is 0 Å². The molecule has 0 fully saturated rings. The molecule has 2 aromatic rings. The molecule has 0 spiro atoms. The second kappa shape index (κ2) is 5.01. The Hall–Kier alpha value is -2.50. The Morgan fingerprint density at radius 3 is 2.68 bits per heavy atom. The van der Waals surface area contributed by atoms with Crippen LogP contribution in [0.4, 0.5) is 5.69 Å². The minimum absolute atomic E-state index is 0.0269. The number of aromatic nitrogens is 2. The number of nitrogens with one attached hydrogen (secondary N) is 2. The molecule has 0 saturated carbocycles. The lowest BCUT2D eigenvalue weighted by molar-refractivity contribution is 0.102. The number of hydrogen-bond donors (Lipinski definition) is 3. The van der Waals surface area contributed by atoms with E-state index in [1.54, 1.807) is 26.0 Å². The summed E-state index contributed by atoms with van der Waals surface area (Å²) in [5.41, 5.74) is 2.33. The minimum atomic E-state index is -0.270. The van der Waals surface area contributed by atoms with E-state index >= 15 is 0 Å². The van der Waals surface area contributed by atoms with Crippen molar-refractivity contribution in [2.75, 3.05) is 12.4 Å². The van der Waals surface area contributed by atoms with Crippen LogP contribution in [0.25, 0.3) is 0 Å². The number of aryl methyl sites for hydroxylation is 2. The number of rotatable bonds is 3. The molecule has 0 bridgehead atoms. The van der Waals surface area contributed by atoms with Gasteiger partial charge in [-0.15, -0.1) is 0 Å². The molecule has 0 unspecified atom stereocenters. The number of amides is 1. The van der Waals surface area contributed by atoms with Crippen LogP contribution in [0.5, 0.6) is 11.5 Å². The number of carbonyl (C=O) groups excluding carboxylic acids is 1. The molecule has 19 heavy (non-hydrogen) atoms. The minimum Gasteiger partial charge on any atom is -0.504 e. The summed E-state index contributed by atoms with van der Waals surface area (Å²) >= 11 is 0. The van der Waals surface area contributed by atoms with Crippen LogP contribution in [-0.2, 0) is 0 Å². The summed E-state index contributed by atoms with van der Waals surface area (Å²) in [5.74, 6) is 0.0583. The van der Waals surface area contributed by atoms with Gasteiger partial charge in [-0.3, -0.25) is 9.89 Å². The lowest BCUT2D eigenvalue weighted by Gasteiger charge is -2.08. The zero-order valence-corrected chi connectivity index (χ0v) is 10.9. The molecule has 0 aliphatic heterocycles. The molecule has 0 aliphatic rings. The zero-order valence-electron chi connectivity index (χ0n) is 10.9. The van der Waals surface area contributed by atoms with E-state index in [-0.39, 0.29) is 11.7 Å². The van der Waals surface area contributed by atoms with E-state index in [0.29, 0.717) is 28.4 Å². The molecule has 1 amide bonds. The number of nitrogens with zero attached hydrogens (tertiary/aromatic N) is 1. The molecule has 0 aliphatic carbocycles. The maximum Gasteiger partial charge on any atom is 0.259 e. The Labute approximate surface area is 110 Å². The van der Waals surface area contributed by atoms with E-state index in [4.69, 9.17) is 4.74 Å². The van der Waals surface area contributed by atoms with Crippen molar-refractivity contribution in [2.24, 2.45) is 0 Å². The summed E-state index contributed by atoms with van der Waals surface area (Å²) in [6.45, 7) is 3.53. The average Bonchev–Trinajstić information content (AvgIpc) is 2.69. The monoisotopic (exact) mass is 261 g/mol. The number of aromatic hydroxyl groups is 1. The molecule has 0 saturated heterocycles. The first-order valence-corrected chi connectivity index (χ1v) is 5.73. The van der Waals surface area contributed by atoms with Crippen molar-refractivity contribution < 1.29 is 14.6 Å². The van der Waals surface area contributed by atoms with Gasteiger partial charge in [-0.25, -0.2) is 0 Å². The number of ether oxygens (including phenoxy) is 1. The van der Waals surface area contributed by atoms with Crippen molar-refractivity contribution >= 4 is 11.6 Å². The lowest BCUT2D eigenvalue weighted by atomic mass is 10.2. The number of benzene rings is 1. The van der Waals surface area contributed by atoms with Crippen LogP contribution >= 0.6 is 0 Å². The summed E-state index contributed by atoms with van der Waals surface area (Å²) in [5, 5.41) is 19.1. The van der Waals surface area contributed by atoms with Gasteiger partial charge in [0.05, 0.1) is 18.4 Å². The van der Waals surface area contributed by atoms with E-state index in [2.05, 4.69) is 15.5 Å². The Kier molecular flexibility index (Phi) is 3.41. The van der Waals surface area contributed by atoms with Gasteiger partial charge in [-0.2, -0.15) is 5.10 Å². The van der Waals surface area contributed by atoms with Crippen LogP contribution in [0, 0.1) is 13.8 Å². The van der Waals surface area contributed by atoms with Gasteiger partial charge in [0.1, 0.15) is 0 Å². The third kappa shape index (κ3) is 2.52. The summed E-state index contributed by atoms with van der Waals surface area (Å²) in [4.78, 5) is 12.1. The first-order valence-electron chi connectivity index (χ1n) is 5.73. The predicted octanol–water partition coefficient (Wildman–Crippen LogP) is 1.99. The second-order valence-corrected chi connectivity index (χ2v) is 4.15. The van der Waals surface area contributed by atoms with E-state index < -0.39 is 0 Å². The molecule has 1 aromatic carbocycles. The number of H-pyrrole nitrogens is 1. The van der Waals surface area contributed by atoms with Crippen molar-refractivity contribution in [3.63, 3.8) is 0 Å². The highest BCUT2D eigenvalue weighted by Gasteiger charge is 2.15. The van der Waals surface area contributed by atoms with Gasteiger partial charge in [0.15, 0.2) is 11.5 Å². The van der Waals surface area contributed by atoms with Crippen LogP contribution in [0.3, 0.4) is 0 Å². The first kappa shape index (κ1) is 12.9. The van der Waals surface area contributed by atoms with Gasteiger partial charge >= 0.3 is 0 Å². The van der Waals surface area contributed by atoms with E-state index in [1.807, 2.05) is 0 Å². The molecule has 6 nitrogen and oxygen atoms in total. The van der Waals surface area contributed by atoms with Crippen molar-refractivity contribution in [2.45, 2.75) is 13.8 Å². The maximum atomic E-state index is 12.1. The molecular weight excluding hydrogens is 246 g/mol. The zero-order chi connectivity index (χ0) is 14.0. The van der Waals surface area contributed by atoms with Crippen LogP contribution in [0.15, 0.2) is 18.2 Å². The first-order chi connectivity index (χ1) is 9.02. The summed E-state index contributed by atoms with van der Waals surface area (Å²) in [6, 6.07) is 4.67. The van der Waals surface area contributed by atoms with Gasteiger partial charge in [0.25, 0.3) is 5.91 Å². The van der Waals surface area contributed by atoms with Gasteiger partial charge in [0.2, 0.25) is 0 Å².